The Labute approximate surface area is 102 Å². The second-order valence-corrected chi connectivity index (χ2v) is 6.20. The number of aryl methyl sites for hydroxylation is 1. The van der Waals surface area contributed by atoms with Gasteiger partial charge in [0.05, 0.1) is 11.8 Å². The molecule has 1 aromatic rings. The monoisotopic (exact) mass is 258 g/mol. The van der Waals surface area contributed by atoms with Gasteiger partial charge in [-0.25, -0.2) is 13.1 Å². The molecule has 0 aromatic carbocycles. The Morgan fingerprint density at radius 2 is 1.88 bits per heavy atom. The van der Waals surface area contributed by atoms with E-state index in [1.165, 1.54) is 0 Å². The molecular weight excluding hydrogens is 240 g/mol. The second-order valence-electron chi connectivity index (χ2n) is 4.45. The Bertz CT molecular complexity index is 541. The topological polar surface area (TPSA) is 68.2 Å². The van der Waals surface area contributed by atoms with E-state index in [9.17, 15) is 13.2 Å². The molecule has 0 spiro atoms. The smallest absolute Gasteiger partial charge is 0.266 e. The molecule has 0 aliphatic rings. The van der Waals surface area contributed by atoms with Crippen LogP contribution >= 0.6 is 0 Å². The van der Waals surface area contributed by atoms with Crippen LogP contribution in [-0.2, 0) is 10.0 Å². The number of hydrogen-bond acceptors (Lipinski definition) is 3. The van der Waals surface area contributed by atoms with Gasteiger partial charge in [-0.05, 0) is 33.8 Å². The van der Waals surface area contributed by atoms with Crippen LogP contribution in [0.15, 0.2) is 6.07 Å². The minimum Gasteiger partial charge on any atom is -0.346 e. The van der Waals surface area contributed by atoms with Gasteiger partial charge >= 0.3 is 0 Å². The minimum absolute atomic E-state index is 0.231. The number of carbonyl (C=O) groups is 1. The number of nitrogens with zero attached hydrogens (tertiary/aromatic N) is 1. The average Bonchev–Trinajstić information content (AvgIpc) is 2.38. The van der Waals surface area contributed by atoms with Crippen molar-refractivity contribution >= 4 is 15.9 Å². The highest BCUT2D eigenvalue weighted by atomic mass is 32.2. The molecule has 1 aromatic heterocycles. The molecule has 0 bridgehead atoms. The van der Waals surface area contributed by atoms with Crippen molar-refractivity contribution in [3.05, 3.63) is 23.0 Å². The van der Waals surface area contributed by atoms with Crippen LogP contribution in [0.4, 0.5) is 0 Å². The van der Waals surface area contributed by atoms with Gasteiger partial charge in [-0.3, -0.25) is 4.79 Å². The van der Waals surface area contributed by atoms with E-state index in [1.807, 2.05) is 37.0 Å². The van der Waals surface area contributed by atoms with Crippen molar-refractivity contribution in [1.29, 1.82) is 0 Å². The Hall–Kier alpha value is -1.30. The lowest BCUT2D eigenvalue weighted by Crippen LogP contribution is -2.29. The molecule has 0 atom stereocenters. The number of carbonyl (C=O) groups excluding carboxylic acids is 1. The van der Waals surface area contributed by atoms with Crippen molar-refractivity contribution in [3.8, 4) is 0 Å². The number of hydrogen-bond donors (Lipinski definition) is 1. The van der Waals surface area contributed by atoms with Crippen molar-refractivity contribution in [2.45, 2.75) is 33.7 Å². The number of rotatable bonds is 3. The summed E-state index contributed by atoms with van der Waals surface area (Å²) in [5.41, 5.74) is 2.12. The first-order valence-electron chi connectivity index (χ1n) is 5.34. The predicted octanol–water partition coefficient (Wildman–Crippen LogP) is 1.38. The van der Waals surface area contributed by atoms with Crippen molar-refractivity contribution in [2.24, 2.45) is 0 Å². The highest BCUT2D eigenvalue weighted by Crippen LogP contribution is 2.19. The summed E-state index contributed by atoms with van der Waals surface area (Å²) in [5, 5.41) is 0. The molecule has 1 amide bonds. The van der Waals surface area contributed by atoms with Crippen LogP contribution in [0.5, 0.6) is 0 Å². The van der Waals surface area contributed by atoms with Crippen LogP contribution in [-0.4, -0.2) is 25.1 Å². The fourth-order valence-electron chi connectivity index (χ4n) is 2.02. The van der Waals surface area contributed by atoms with Gasteiger partial charge in [0.2, 0.25) is 10.0 Å². The lowest BCUT2D eigenvalue weighted by Gasteiger charge is -2.13. The van der Waals surface area contributed by atoms with Gasteiger partial charge in [0.25, 0.3) is 5.91 Å². The molecule has 1 rings (SSSR count). The third-order valence-electron chi connectivity index (χ3n) is 2.52. The number of amides is 1. The molecular formula is C11H18N2O3S. The van der Waals surface area contributed by atoms with Crippen LogP contribution in [0.25, 0.3) is 0 Å². The zero-order valence-electron chi connectivity index (χ0n) is 10.7. The van der Waals surface area contributed by atoms with Crippen molar-refractivity contribution in [3.63, 3.8) is 0 Å². The van der Waals surface area contributed by atoms with E-state index in [0.29, 0.717) is 5.56 Å². The number of nitrogens with one attached hydrogen (secondary N) is 1. The van der Waals surface area contributed by atoms with E-state index in [-0.39, 0.29) is 6.04 Å². The van der Waals surface area contributed by atoms with Crippen molar-refractivity contribution < 1.29 is 13.2 Å². The van der Waals surface area contributed by atoms with Crippen LogP contribution in [0, 0.1) is 13.8 Å². The third kappa shape index (κ3) is 3.09. The van der Waals surface area contributed by atoms with Crippen molar-refractivity contribution in [1.82, 2.24) is 9.29 Å². The summed E-state index contributed by atoms with van der Waals surface area (Å²) in [5.74, 6) is -0.576. The van der Waals surface area contributed by atoms with Crippen molar-refractivity contribution in [2.75, 3.05) is 6.26 Å². The van der Waals surface area contributed by atoms with E-state index >= 15 is 0 Å². The molecule has 0 fully saturated rings. The molecule has 1 N–H and O–H groups in total. The largest absolute Gasteiger partial charge is 0.346 e. The summed E-state index contributed by atoms with van der Waals surface area (Å²) < 4.78 is 26.0. The Balaban J connectivity index is 3.17. The Morgan fingerprint density at radius 1 is 1.35 bits per heavy atom. The summed E-state index contributed by atoms with van der Waals surface area (Å²) in [6.45, 7) is 7.73. The van der Waals surface area contributed by atoms with Gasteiger partial charge in [-0.2, -0.15) is 0 Å². The molecule has 0 radical (unpaired) electrons. The summed E-state index contributed by atoms with van der Waals surface area (Å²) >= 11 is 0. The highest BCUT2D eigenvalue weighted by molar-refractivity contribution is 7.89. The summed E-state index contributed by atoms with van der Waals surface area (Å²) in [7, 11) is -3.52. The molecule has 5 nitrogen and oxygen atoms in total. The SMILES string of the molecule is Cc1cc(C(=O)NS(C)(=O)=O)c(C)n1C(C)C. The highest BCUT2D eigenvalue weighted by Gasteiger charge is 2.19. The van der Waals surface area contributed by atoms with Crippen LogP contribution < -0.4 is 4.72 Å². The standard InChI is InChI=1S/C11H18N2O3S/c1-7(2)13-8(3)6-10(9(13)4)11(14)12-17(5,15)16/h6-7H,1-5H3,(H,12,14). The molecule has 0 aliphatic carbocycles. The maximum atomic E-state index is 11.8. The average molecular weight is 258 g/mol. The van der Waals surface area contributed by atoms with E-state index in [2.05, 4.69) is 0 Å². The minimum atomic E-state index is -3.52. The first-order chi connectivity index (χ1) is 7.63. The quantitative estimate of drug-likeness (QED) is 0.890. The predicted molar refractivity (Wildman–Crippen MR) is 66.6 cm³/mol. The summed E-state index contributed by atoms with van der Waals surface area (Å²) in [4.78, 5) is 11.8. The summed E-state index contributed by atoms with van der Waals surface area (Å²) in [6.07, 6.45) is 0.965. The maximum absolute atomic E-state index is 11.8. The second kappa shape index (κ2) is 4.52. The zero-order valence-corrected chi connectivity index (χ0v) is 11.6. The zero-order chi connectivity index (χ0) is 13.4. The Kier molecular flexibility index (Phi) is 3.66. The number of sulfonamides is 1. The molecule has 0 saturated carbocycles. The fourth-order valence-corrected chi connectivity index (χ4v) is 2.47. The summed E-state index contributed by atoms with van der Waals surface area (Å²) in [6, 6.07) is 1.94. The van der Waals surface area contributed by atoms with Gasteiger partial charge in [-0.1, -0.05) is 0 Å². The van der Waals surface area contributed by atoms with Gasteiger partial charge in [-0.15, -0.1) is 0 Å². The molecule has 0 unspecified atom stereocenters. The van der Waals surface area contributed by atoms with Crippen LogP contribution in [0.3, 0.4) is 0 Å². The van der Waals surface area contributed by atoms with Gasteiger partial charge in [0, 0.05) is 17.4 Å². The van der Waals surface area contributed by atoms with E-state index in [0.717, 1.165) is 17.6 Å². The first-order valence-corrected chi connectivity index (χ1v) is 7.23. The van der Waals surface area contributed by atoms with Crippen LogP contribution in [0.1, 0.15) is 41.6 Å². The molecule has 96 valence electrons. The number of aromatic nitrogens is 1. The van der Waals surface area contributed by atoms with Crippen LogP contribution in [0.2, 0.25) is 0 Å². The molecule has 17 heavy (non-hydrogen) atoms. The fraction of sp³-hybridized carbons (Fsp3) is 0.545. The lowest BCUT2D eigenvalue weighted by atomic mass is 10.2. The Morgan fingerprint density at radius 3 is 2.24 bits per heavy atom. The molecule has 0 aliphatic heterocycles. The molecule has 6 heteroatoms. The lowest BCUT2D eigenvalue weighted by molar-refractivity contribution is 0.0981. The van der Waals surface area contributed by atoms with E-state index in [4.69, 9.17) is 0 Å². The molecule has 0 saturated heterocycles. The van der Waals surface area contributed by atoms with E-state index in [1.54, 1.807) is 6.07 Å². The van der Waals surface area contributed by atoms with Gasteiger partial charge in [0.15, 0.2) is 0 Å². The van der Waals surface area contributed by atoms with E-state index < -0.39 is 15.9 Å². The first kappa shape index (κ1) is 13.8. The molecule has 1 heterocycles. The van der Waals surface area contributed by atoms with Gasteiger partial charge < -0.3 is 4.57 Å². The maximum Gasteiger partial charge on any atom is 0.266 e. The van der Waals surface area contributed by atoms with Gasteiger partial charge in [0.1, 0.15) is 0 Å². The normalized spacial score (nSPS) is 11.9. The third-order valence-corrected chi connectivity index (χ3v) is 3.08.